The largest absolute Gasteiger partial charge is 0.396 e. The number of halogens is 2. The molecule has 1 unspecified atom stereocenters. The fourth-order valence-electron chi connectivity index (χ4n) is 1.68. The van der Waals surface area contributed by atoms with Crippen LogP contribution in [0.25, 0.3) is 0 Å². The summed E-state index contributed by atoms with van der Waals surface area (Å²) in [7, 11) is 0. The number of aliphatic hydroxyl groups is 2. The minimum Gasteiger partial charge on any atom is -0.396 e. The molecular weight excluding hydrogens is 301 g/mol. The lowest BCUT2D eigenvalue weighted by atomic mass is 9.99. The van der Waals surface area contributed by atoms with Crippen molar-refractivity contribution in [1.29, 1.82) is 5.26 Å². The Bertz CT molecular complexity index is 501. The molecule has 0 saturated carbocycles. The van der Waals surface area contributed by atoms with Crippen molar-refractivity contribution in [2.45, 2.75) is 25.4 Å². The molecular formula is C13H19Cl2N3O2. The summed E-state index contributed by atoms with van der Waals surface area (Å²) in [5.74, 6) is 0. The van der Waals surface area contributed by atoms with Gasteiger partial charge < -0.3 is 21.3 Å². The van der Waals surface area contributed by atoms with Gasteiger partial charge in [-0.3, -0.25) is 0 Å². The van der Waals surface area contributed by atoms with Crippen molar-refractivity contribution in [3.8, 4) is 6.07 Å². The lowest BCUT2D eigenvalue weighted by Crippen LogP contribution is -2.45. The summed E-state index contributed by atoms with van der Waals surface area (Å²) in [4.78, 5) is 0. The van der Waals surface area contributed by atoms with E-state index in [1.165, 1.54) is 0 Å². The van der Waals surface area contributed by atoms with Gasteiger partial charge in [-0.1, -0.05) is 11.6 Å². The zero-order chi connectivity index (χ0) is 14.6. The first-order chi connectivity index (χ1) is 8.84. The zero-order valence-corrected chi connectivity index (χ0v) is 12.9. The third-order valence-electron chi connectivity index (χ3n) is 2.82. The Morgan fingerprint density at radius 3 is 2.50 bits per heavy atom. The van der Waals surface area contributed by atoms with E-state index in [1.807, 2.05) is 6.07 Å². The molecule has 112 valence electrons. The van der Waals surface area contributed by atoms with Crippen molar-refractivity contribution < 1.29 is 10.2 Å². The van der Waals surface area contributed by atoms with Crippen molar-refractivity contribution in [2.24, 2.45) is 0 Å². The summed E-state index contributed by atoms with van der Waals surface area (Å²) < 4.78 is 0. The predicted octanol–water partition coefficient (Wildman–Crippen LogP) is 1.61. The molecule has 20 heavy (non-hydrogen) atoms. The van der Waals surface area contributed by atoms with E-state index in [0.717, 1.165) is 0 Å². The van der Waals surface area contributed by atoms with Crippen LogP contribution in [0.15, 0.2) is 12.1 Å². The Hall–Kier alpha value is -1.03. The quantitative estimate of drug-likeness (QED) is 0.617. The fourth-order valence-corrected chi connectivity index (χ4v) is 1.91. The van der Waals surface area contributed by atoms with Crippen LogP contribution in [0.4, 0.5) is 5.69 Å². The molecule has 0 aliphatic carbocycles. The highest BCUT2D eigenvalue weighted by atomic mass is 35.5. The molecule has 1 rings (SSSR count). The number of hydrogen-bond donors (Lipinski definition) is 4. The van der Waals surface area contributed by atoms with E-state index in [0.29, 0.717) is 5.56 Å². The smallest absolute Gasteiger partial charge is 0.101 e. The molecule has 5 N–H and O–H groups in total. The second-order valence-corrected chi connectivity index (χ2v) is 5.40. The van der Waals surface area contributed by atoms with Gasteiger partial charge in [0.25, 0.3) is 0 Å². The maximum Gasteiger partial charge on any atom is 0.101 e. The number of benzene rings is 1. The fraction of sp³-hybridized carbons (Fsp3) is 0.462. The monoisotopic (exact) mass is 319 g/mol. The number of rotatable bonds is 5. The van der Waals surface area contributed by atoms with Crippen molar-refractivity contribution in [2.75, 3.05) is 18.9 Å². The summed E-state index contributed by atoms with van der Waals surface area (Å²) in [6.45, 7) is 3.34. The van der Waals surface area contributed by atoms with Crippen LogP contribution in [-0.4, -0.2) is 29.0 Å². The highest BCUT2D eigenvalue weighted by Gasteiger charge is 2.23. The number of aliphatic hydroxyl groups excluding tert-OH is 2. The lowest BCUT2D eigenvalue weighted by molar-refractivity contribution is 0.150. The molecule has 7 heteroatoms. The summed E-state index contributed by atoms with van der Waals surface area (Å²) in [6, 6.07) is 4.72. The predicted molar refractivity (Wildman–Crippen MR) is 82.0 cm³/mol. The molecule has 1 aromatic carbocycles. The van der Waals surface area contributed by atoms with E-state index in [-0.39, 0.29) is 41.9 Å². The zero-order valence-electron chi connectivity index (χ0n) is 11.4. The Morgan fingerprint density at radius 2 is 2.05 bits per heavy atom. The van der Waals surface area contributed by atoms with Crippen LogP contribution in [0.3, 0.4) is 0 Å². The first-order valence-electron chi connectivity index (χ1n) is 5.83. The third kappa shape index (κ3) is 4.51. The van der Waals surface area contributed by atoms with Crippen molar-refractivity contribution in [3.63, 3.8) is 0 Å². The van der Waals surface area contributed by atoms with Gasteiger partial charge in [-0.15, -0.1) is 12.4 Å². The summed E-state index contributed by atoms with van der Waals surface area (Å²) >= 11 is 5.97. The maximum atomic E-state index is 9.46. The van der Waals surface area contributed by atoms with Crippen LogP contribution in [0.5, 0.6) is 0 Å². The van der Waals surface area contributed by atoms with Gasteiger partial charge in [-0.05, 0) is 31.5 Å². The third-order valence-corrected chi connectivity index (χ3v) is 3.13. The molecule has 1 aromatic rings. The van der Waals surface area contributed by atoms with E-state index in [4.69, 9.17) is 22.6 Å². The average Bonchev–Trinajstić information content (AvgIpc) is 2.39. The van der Waals surface area contributed by atoms with Gasteiger partial charge >= 0.3 is 0 Å². The highest BCUT2D eigenvalue weighted by Crippen LogP contribution is 2.28. The normalized spacial score (nSPS) is 12.4. The van der Waals surface area contributed by atoms with Crippen LogP contribution >= 0.6 is 24.0 Å². The number of hydrogen-bond acceptors (Lipinski definition) is 5. The summed E-state index contributed by atoms with van der Waals surface area (Å²) in [6.07, 6.45) is 0. The van der Waals surface area contributed by atoms with Gasteiger partial charge in [0.1, 0.15) is 6.07 Å². The minimum atomic E-state index is -0.561. The number of nitriles is 1. The van der Waals surface area contributed by atoms with Crippen LogP contribution < -0.4 is 11.1 Å². The van der Waals surface area contributed by atoms with Crippen LogP contribution in [0.2, 0.25) is 5.02 Å². The van der Waals surface area contributed by atoms with Gasteiger partial charge in [0, 0.05) is 5.54 Å². The van der Waals surface area contributed by atoms with Crippen molar-refractivity contribution in [3.05, 3.63) is 28.3 Å². The molecule has 5 nitrogen and oxygen atoms in total. The van der Waals surface area contributed by atoms with Gasteiger partial charge in [0.2, 0.25) is 0 Å². The van der Waals surface area contributed by atoms with Gasteiger partial charge in [0.05, 0.1) is 35.5 Å². The van der Waals surface area contributed by atoms with Crippen LogP contribution in [0.1, 0.15) is 31.0 Å². The molecule has 0 aromatic heterocycles. The van der Waals surface area contributed by atoms with Gasteiger partial charge in [0.15, 0.2) is 0 Å². The summed E-state index contributed by atoms with van der Waals surface area (Å²) in [5, 5.41) is 31.1. The minimum absolute atomic E-state index is 0. The Labute approximate surface area is 129 Å². The van der Waals surface area contributed by atoms with E-state index in [1.54, 1.807) is 26.0 Å². The Kier molecular flexibility index (Phi) is 7.28. The molecule has 0 aliphatic rings. The van der Waals surface area contributed by atoms with Gasteiger partial charge in [-0.25, -0.2) is 0 Å². The van der Waals surface area contributed by atoms with Crippen LogP contribution in [-0.2, 0) is 0 Å². The van der Waals surface area contributed by atoms with Crippen molar-refractivity contribution in [1.82, 2.24) is 5.32 Å². The number of nitrogen functional groups attached to an aromatic ring is 1. The number of nitrogens with two attached hydrogens (primary N) is 1. The van der Waals surface area contributed by atoms with E-state index in [2.05, 4.69) is 5.32 Å². The van der Waals surface area contributed by atoms with E-state index >= 15 is 0 Å². The first kappa shape index (κ1) is 19.0. The van der Waals surface area contributed by atoms with Crippen LogP contribution in [0, 0.1) is 11.3 Å². The highest BCUT2D eigenvalue weighted by molar-refractivity contribution is 6.33. The number of nitrogens with zero attached hydrogens (tertiary/aromatic N) is 1. The molecule has 0 spiro atoms. The number of anilines is 1. The molecule has 1 atom stereocenters. The molecule has 0 amide bonds. The molecule has 0 aliphatic heterocycles. The average molecular weight is 320 g/mol. The van der Waals surface area contributed by atoms with E-state index < -0.39 is 11.6 Å². The molecule has 0 radical (unpaired) electrons. The maximum absolute atomic E-state index is 9.46. The van der Waals surface area contributed by atoms with Crippen molar-refractivity contribution >= 4 is 29.7 Å². The Balaban J connectivity index is 0.00000361. The summed E-state index contributed by atoms with van der Waals surface area (Å²) in [5.41, 5.74) is 6.27. The Morgan fingerprint density at radius 1 is 1.45 bits per heavy atom. The molecule has 0 bridgehead atoms. The standard InChI is InChI=1S/C13H18ClN3O2.ClH/c1-13(2,7-19)17-11(6-18)8-3-9(5-15)12(16)10(14)4-8;/h3-4,11,17-19H,6-7,16H2,1-2H3;1H. The molecule has 0 saturated heterocycles. The lowest BCUT2D eigenvalue weighted by Gasteiger charge is -2.29. The van der Waals surface area contributed by atoms with Gasteiger partial charge in [-0.2, -0.15) is 5.26 Å². The molecule has 0 fully saturated rings. The first-order valence-corrected chi connectivity index (χ1v) is 6.21. The number of nitrogens with one attached hydrogen (secondary N) is 1. The topological polar surface area (TPSA) is 102 Å². The SMILES string of the molecule is CC(C)(CO)NC(CO)c1cc(Cl)c(N)c(C#N)c1.Cl. The second kappa shape index (κ2) is 7.67. The second-order valence-electron chi connectivity index (χ2n) is 5.00. The molecule has 0 heterocycles. The van der Waals surface area contributed by atoms with E-state index in [9.17, 15) is 10.2 Å².